The van der Waals surface area contributed by atoms with Gasteiger partial charge >= 0.3 is 5.97 Å². The third-order valence-corrected chi connectivity index (χ3v) is 2.84. The van der Waals surface area contributed by atoms with Crippen LogP contribution in [0.25, 0.3) is 0 Å². The lowest BCUT2D eigenvalue weighted by atomic mass is 9.88. The van der Waals surface area contributed by atoms with E-state index in [1.165, 1.54) is 7.11 Å². The third-order valence-electron chi connectivity index (χ3n) is 2.84. The summed E-state index contributed by atoms with van der Waals surface area (Å²) < 4.78 is 4.60. The van der Waals surface area contributed by atoms with Crippen molar-refractivity contribution in [1.29, 1.82) is 0 Å². The van der Waals surface area contributed by atoms with Gasteiger partial charge < -0.3 is 4.74 Å². The van der Waals surface area contributed by atoms with Crippen molar-refractivity contribution in [3.63, 3.8) is 0 Å². The molecule has 0 aromatic heterocycles. The van der Waals surface area contributed by atoms with E-state index < -0.39 is 17.4 Å². The van der Waals surface area contributed by atoms with Gasteiger partial charge in [-0.05, 0) is 20.9 Å². The predicted molar refractivity (Wildman–Crippen MR) is 47.2 cm³/mol. The molecule has 0 amide bonds. The number of carbonyl (C=O) groups excluding carboxylic acids is 2. The monoisotopic (exact) mass is 185 g/mol. The number of rotatable bonds is 1. The first-order chi connectivity index (χ1) is 5.91. The first-order valence-corrected chi connectivity index (χ1v) is 4.23. The minimum absolute atomic E-state index is 0.0562. The zero-order valence-corrected chi connectivity index (χ0v) is 8.46. The topological polar surface area (TPSA) is 46.6 Å². The minimum atomic E-state index is -0.637. The Morgan fingerprint density at radius 1 is 1.62 bits per heavy atom. The van der Waals surface area contributed by atoms with Gasteiger partial charge in [-0.15, -0.1) is 0 Å². The Bertz CT molecular complexity index is 239. The van der Waals surface area contributed by atoms with Gasteiger partial charge in [0.15, 0.2) is 5.78 Å². The maximum absolute atomic E-state index is 11.5. The number of esters is 1. The molecule has 0 saturated carbocycles. The van der Waals surface area contributed by atoms with Crippen molar-refractivity contribution in [2.75, 3.05) is 20.7 Å². The lowest BCUT2D eigenvalue weighted by Crippen LogP contribution is -2.43. The molecule has 1 fully saturated rings. The first-order valence-electron chi connectivity index (χ1n) is 4.23. The van der Waals surface area contributed by atoms with Gasteiger partial charge in [0.2, 0.25) is 0 Å². The highest BCUT2D eigenvalue weighted by Crippen LogP contribution is 2.31. The van der Waals surface area contributed by atoms with Crippen LogP contribution >= 0.6 is 0 Å². The van der Waals surface area contributed by atoms with E-state index in [1.807, 2.05) is 25.8 Å². The van der Waals surface area contributed by atoms with Gasteiger partial charge in [0, 0.05) is 5.54 Å². The van der Waals surface area contributed by atoms with Gasteiger partial charge in [-0.2, -0.15) is 0 Å². The molecular weight excluding hydrogens is 170 g/mol. The van der Waals surface area contributed by atoms with E-state index in [9.17, 15) is 9.59 Å². The number of ketones is 1. The Morgan fingerprint density at radius 3 is 2.46 bits per heavy atom. The van der Waals surface area contributed by atoms with Crippen LogP contribution in [0.4, 0.5) is 0 Å². The van der Waals surface area contributed by atoms with E-state index >= 15 is 0 Å². The maximum Gasteiger partial charge on any atom is 0.318 e. The third kappa shape index (κ3) is 1.46. The molecule has 4 nitrogen and oxygen atoms in total. The molecule has 1 heterocycles. The highest BCUT2D eigenvalue weighted by molar-refractivity contribution is 6.03. The summed E-state index contributed by atoms with van der Waals surface area (Å²) in [7, 11) is 3.14. The normalized spacial score (nSPS) is 27.7. The molecule has 0 aliphatic carbocycles. The Morgan fingerprint density at radius 2 is 2.15 bits per heavy atom. The summed E-state index contributed by atoms with van der Waals surface area (Å²) >= 11 is 0. The summed E-state index contributed by atoms with van der Waals surface area (Å²) in [5.41, 5.74) is -0.426. The lowest BCUT2D eigenvalue weighted by molar-refractivity contribution is -0.150. The Hall–Kier alpha value is -0.900. The van der Waals surface area contributed by atoms with Gasteiger partial charge in [-0.1, -0.05) is 0 Å². The standard InChI is InChI=1S/C9H15NO3/c1-9(2)7(8(12)13-4)6(11)5-10(9)3/h7H,5H2,1-4H3. The SMILES string of the molecule is COC(=O)C1C(=O)CN(C)C1(C)C. The smallest absolute Gasteiger partial charge is 0.318 e. The lowest BCUT2D eigenvalue weighted by Gasteiger charge is -2.30. The molecular formula is C9H15NO3. The van der Waals surface area contributed by atoms with E-state index in [-0.39, 0.29) is 5.78 Å². The van der Waals surface area contributed by atoms with Crippen LogP contribution in [0.2, 0.25) is 0 Å². The number of ether oxygens (including phenoxy) is 1. The minimum Gasteiger partial charge on any atom is -0.468 e. The second-order valence-electron chi connectivity index (χ2n) is 3.93. The summed E-state index contributed by atoms with van der Waals surface area (Å²) in [5.74, 6) is -1.12. The highest BCUT2D eigenvalue weighted by atomic mass is 16.5. The maximum atomic E-state index is 11.5. The number of likely N-dealkylation sites (tertiary alicyclic amines) is 1. The molecule has 13 heavy (non-hydrogen) atoms. The zero-order chi connectivity index (χ0) is 10.2. The zero-order valence-electron chi connectivity index (χ0n) is 8.46. The van der Waals surface area contributed by atoms with Crippen LogP contribution < -0.4 is 0 Å². The molecule has 0 aromatic carbocycles. The molecule has 74 valence electrons. The van der Waals surface area contributed by atoms with Gasteiger partial charge in [0.05, 0.1) is 13.7 Å². The van der Waals surface area contributed by atoms with E-state index in [0.717, 1.165) is 0 Å². The largest absolute Gasteiger partial charge is 0.468 e. The van der Waals surface area contributed by atoms with Crippen LogP contribution in [0.15, 0.2) is 0 Å². The Labute approximate surface area is 77.8 Å². The van der Waals surface area contributed by atoms with E-state index in [2.05, 4.69) is 4.74 Å². The summed E-state index contributed by atoms with van der Waals surface area (Å²) in [6.45, 7) is 4.08. The number of hydrogen-bond acceptors (Lipinski definition) is 4. The fraction of sp³-hybridized carbons (Fsp3) is 0.778. The second-order valence-corrected chi connectivity index (χ2v) is 3.93. The van der Waals surface area contributed by atoms with Crippen molar-refractivity contribution in [2.24, 2.45) is 5.92 Å². The van der Waals surface area contributed by atoms with Crippen molar-refractivity contribution < 1.29 is 14.3 Å². The summed E-state index contributed by atoms with van der Waals surface area (Å²) in [4.78, 5) is 24.6. The average molecular weight is 185 g/mol. The molecule has 0 N–H and O–H groups in total. The number of hydrogen-bond donors (Lipinski definition) is 0. The molecule has 0 bridgehead atoms. The molecule has 1 unspecified atom stereocenters. The summed E-state index contributed by atoms with van der Waals surface area (Å²) in [6.07, 6.45) is 0. The molecule has 1 atom stereocenters. The molecule has 1 saturated heterocycles. The highest BCUT2D eigenvalue weighted by Gasteiger charge is 2.50. The van der Waals surface area contributed by atoms with Gasteiger partial charge in [-0.25, -0.2) is 0 Å². The molecule has 4 heteroatoms. The van der Waals surface area contributed by atoms with Crippen LogP contribution in [0.1, 0.15) is 13.8 Å². The summed E-state index contributed by atoms with van der Waals surface area (Å²) in [5, 5.41) is 0. The van der Waals surface area contributed by atoms with Crippen molar-refractivity contribution >= 4 is 11.8 Å². The van der Waals surface area contributed by atoms with E-state index in [1.54, 1.807) is 0 Å². The Balaban J connectivity index is 2.95. The fourth-order valence-corrected chi connectivity index (χ4v) is 1.68. The molecule has 1 aliphatic rings. The number of carbonyl (C=O) groups is 2. The van der Waals surface area contributed by atoms with Crippen LogP contribution in [-0.4, -0.2) is 42.9 Å². The number of methoxy groups -OCH3 is 1. The fourth-order valence-electron chi connectivity index (χ4n) is 1.68. The number of nitrogens with zero attached hydrogens (tertiary/aromatic N) is 1. The van der Waals surface area contributed by atoms with Gasteiger partial charge in [-0.3, -0.25) is 14.5 Å². The van der Waals surface area contributed by atoms with Crippen molar-refractivity contribution in [2.45, 2.75) is 19.4 Å². The van der Waals surface area contributed by atoms with Crippen LogP contribution in [0, 0.1) is 5.92 Å². The van der Waals surface area contributed by atoms with Gasteiger partial charge in [0.1, 0.15) is 5.92 Å². The van der Waals surface area contributed by atoms with Crippen LogP contribution in [0.3, 0.4) is 0 Å². The van der Waals surface area contributed by atoms with Crippen LogP contribution in [-0.2, 0) is 14.3 Å². The molecule has 1 aliphatic heterocycles. The van der Waals surface area contributed by atoms with Gasteiger partial charge in [0.25, 0.3) is 0 Å². The quantitative estimate of drug-likeness (QED) is 0.428. The molecule has 0 spiro atoms. The van der Waals surface area contributed by atoms with Crippen LogP contribution in [0.5, 0.6) is 0 Å². The molecule has 0 aromatic rings. The van der Waals surface area contributed by atoms with E-state index in [0.29, 0.717) is 6.54 Å². The first kappa shape index (κ1) is 10.2. The molecule has 1 rings (SSSR count). The number of Topliss-reactive ketones (excluding diaryl/α,β-unsaturated/α-hetero) is 1. The van der Waals surface area contributed by atoms with E-state index in [4.69, 9.17) is 0 Å². The van der Waals surface area contributed by atoms with Crippen molar-refractivity contribution in [1.82, 2.24) is 4.90 Å². The predicted octanol–water partition coefficient (Wildman–Crippen LogP) is 0.0687. The van der Waals surface area contributed by atoms with Crippen molar-refractivity contribution in [3.05, 3.63) is 0 Å². The Kier molecular flexibility index (Phi) is 2.43. The average Bonchev–Trinajstić information content (AvgIpc) is 2.21. The second kappa shape index (κ2) is 3.10. The number of likely N-dealkylation sites (N-methyl/N-ethyl adjacent to an activating group) is 1. The molecule has 0 radical (unpaired) electrons. The summed E-state index contributed by atoms with van der Waals surface area (Å²) in [6, 6.07) is 0. The van der Waals surface area contributed by atoms with Crippen molar-refractivity contribution in [3.8, 4) is 0 Å².